The number of halogens is 4. The number of hydrogen-bond acceptors (Lipinski definition) is 7. The maximum absolute atomic E-state index is 13.2. The maximum Gasteiger partial charge on any atom is 0.490 e. The van der Waals surface area contributed by atoms with E-state index < -0.39 is 12.1 Å². The van der Waals surface area contributed by atoms with Crippen LogP contribution in [0.3, 0.4) is 0 Å². The summed E-state index contributed by atoms with van der Waals surface area (Å²) in [6.07, 6.45) is -1.80. The molecule has 1 aliphatic rings. The third kappa shape index (κ3) is 5.46. The van der Waals surface area contributed by atoms with Gasteiger partial charge in [0.25, 0.3) is 0 Å². The fourth-order valence-electron chi connectivity index (χ4n) is 3.23. The molecule has 0 bridgehead atoms. The van der Waals surface area contributed by atoms with Crippen LogP contribution >= 0.6 is 11.6 Å². The van der Waals surface area contributed by atoms with Crippen LogP contribution in [0.25, 0.3) is 16.9 Å². The van der Waals surface area contributed by atoms with Gasteiger partial charge in [0.1, 0.15) is 5.52 Å². The Kier molecular flexibility index (Phi) is 7.75. The molecule has 0 spiro atoms. The lowest BCUT2D eigenvalue weighted by Gasteiger charge is -2.28. The molecule has 4 heterocycles. The van der Waals surface area contributed by atoms with E-state index in [2.05, 4.69) is 37.0 Å². The quantitative estimate of drug-likeness (QED) is 0.415. The molecular formula is C20H19ClF3N7O3. The van der Waals surface area contributed by atoms with Crippen molar-refractivity contribution in [3.63, 3.8) is 0 Å². The van der Waals surface area contributed by atoms with E-state index in [9.17, 15) is 18.0 Å². The third-order valence-electron chi connectivity index (χ3n) is 4.70. The monoisotopic (exact) mass is 497 g/mol. The van der Waals surface area contributed by atoms with Gasteiger partial charge in [-0.05, 0) is 30.7 Å². The molecule has 0 amide bonds. The molecule has 1 aliphatic heterocycles. The number of aliphatic carboxylic acids is 1. The molecule has 0 radical (unpaired) electrons. The number of anilines is 1. The highest BCUT2D eigenvalue weighted by Crippen LogP contribution is 2.27. The normalized spacial score (nSPS) is 13.6. The van der Waals surface area contributed by atoms with Crippen molar-refractivity contribution >= 4 is 34.6 Å². The average Bonchev–Trinajstić information content (AvgIpc) is 3.08. The summed E-state index contributed by atoms with van der Waals surface area (Å²) in [5, 5.41) is 10.5. The smallest absolute Gasteiger partial charge is 0.475 e. The van der Waals surface area contributed by atoms with Crippen molar-refractivity contribution in [2.45, 2.75) is 19.6 Å². The number of carboxylic acids is 1. The fraction of sp³-hybridized carbons (Fsp3) is 0.350. The Bertz CT molecular complexity index is 1290. The molecule has 0 atom stereocenters. The topological polar surface area (TPSA) is 118 Å². The lowest BCUT2D eigenvalue weighted by molar-refractivity contribution is -0.192. The maximum atomic E-state index is 13.2. The lowest BCUT2D eigenvalue weighted by Crippen LogP contribution is -2.44. The van der Waals surface area contributed by atoms with E-state index in [4.69, 9.17) is 21.5 Å². The molecule has 1 fully saturated rings. The minimum absolute atomic E-state index is 0.104. The van der Waals surface area contributed by atoms with Crippen LogP contribution in [0.15, 0.2) is 29.3 Å². The van der Waals surface area contributed by atoms with E-state index in [1.54, 1.807) is 30.0 Å². The van der Waals surface area contributed by atoms with Crippen LogP contribution in [0.5, 0.6) is 0 Å². The number of carbonyl (C=O) groups is 1. The molecule has 34 heavy (non-hydrogen) atoms. The summed E-state index contributed by atoms with van der Waals surface area (Å²) in [5.41, 5.74) is 1.47. The van der Waals surface area contributed by atoms with Crippen LogP contribution in [0, 0.1) is 11.8 Å². The minimum atomic E-state index is -5.08. The number of aromatic nitrogens is 5. The Balaban J connectivity index is 0.000000406. The lowest BCUT2D eigenvalue weighted by atomic mass is 10.3. The number of rotatable bonds is 3. The highest BCUT2D eigenvalue weighted by atomic mass is 35.5. The third-order valence-corrected chi connectivity index (χ3v) is 4.87. The molecule has 3 aromatic heterocycles. The van der Waals surface area contributed by atoms with E-state index in [1.807, 2.05) is 6.07 Å². The molecule has 10 nitrogen and oxygen atoms in total. The van der Waals surface area contributed by atoms with Crippen molar-refractivity contribution < 1.29 is 23.1 Å². The first-order valence-corrected chi connectivity index (χ1v) is 10.3. The molecule has 0 aromatic carbocycles. The SMILES string of the molecule is CC#CCn1c(=O)n(-c2cccnc2)c2nc(Cl)nc(N3CCNCC3)c21.O=C(O)C(F)(F)F. The molecule has 0 saturated carbocycles. The van der Waals surface area contributed by atoms with Crippen LogP contribution < -0.4 is 15.9 Å². The van der Waals surface area contributed by atoms with Gasteiger partial charge in [-0.2, -0.15) is 23.1 Å². The molecule has 2 N–H and O–H groups in total. The van der Waals surface area contributed by atoms with Crippen LogP contribution in [-0.4, -0.2) is 67.5 Å². The van der Waals surface area contributed by atoms with Gasteiger partial charge in [0.2, 0.25) is 5.28 Å². The molecular weight excluding hydrogens is 479 g/mol. The van der Waals surface area contributed by atoms with Crippen molar-refractivity contribution in [2.24, 2.45) is 0 Å². The number of piperazine rings is 1. The number of carboxylic acid groups (broad SMARTS) is 1. The number of hydrogen-bond donors (Lipinski definition) is 2. The van der Waals surface area contributed by atoms with Crippen LogP contribution in [0.4, 0.5) is 19.0 Å². The fourth-order valence-corrected chi connectivity index (χ4v) is 3.39. The summed E-state index contributed by atoms with van der Waals surface area (Å²) in [6, 6.07) is 3.58. The summed E-state index contributed by atoms with van der Waals surface area (Å²) in [6.45, 7) is 5.22. The summed E-state index contributed by atoms with van der Waals surface area (Å²) in [7, 11) is 0. The number of fused-ring (bicyclic) bond motifs is 1. The Hall–Kier alpha value is -3.63. The van der Waals surface area contributed by atoms with Gasteiger partial charge in [-0.1, -0.05) is 5.92 Å². The van der Waals surface area contributed by atoms with Gasteiger partial charge >= 0.3 is 17.8 Å². The minimum Gasteiger partial charge on any atom is -0.475 e. The number of imidazole rings is 1. The summed E-state index contributed by atoms with van der Waals surface area (Å²) in [4.78, 5) is 37.2. The van der Waals surface area contributed by atoms with Gasteiger partial charge in [-0.3, -0.25) is 9.55 Å². The summed E-state index contributed by atoms with van der Waals surface area (Å²) < 4.78 is 34.9. The predicted molar refractivity (Wildman–Crippen MR) is 118 cm³/mol. The predicted octanol–water partition coefficient (Wildman–Crippen LogP) is 1.70. The van der Waals surface area contributed by atoms with Crippen molar-refractivity contribution in [3.8, 4) is 17.5 Å². The highest BCUT2D eigenvalue weighted by Gasteiger charge is 2.38. The van der Waals surface area contributed by atoms with Gasteiger partial charge in [0.05, 0.1) is 18.4 Å². The molecule has 0 aliphatic carbocycles. The van der Waals surface area contributed by atoms with Crippen LogP contribution in [0.1, 0.15) is 6.92 Å². The van der Waals surface area contributed by atoms with E-state index >= 15 is 0 Å². The van der Waals surface area contributed by atoms with E-state index in [1.165, 1.54) is 4.57 Å². The van der Waals surface area contributed by atoms with Gasteiger partial charge in [-0.15, -0.1) is 5.92 Å². The number of nitrogens with one attached hydrogen (secondary N) is 1. The zero-order valence-electron chi connectivity index (χ0n) is 17.8. The summed E-state index contributed by atoms with van der Waals surface area (Å²) >= 11 is 6.24. The molecule has 0 unspecified atom stereocenters. The van der Waals surface area contributed by atoms with Crippen molar-refractivity contribution in [1.82, 2.24) is 29.4 Å². The first-order valence-electron chi connectivity index (χ1n) is 9.89. The van der Waals surface area contributed by atoms with Crippen LogP contribution in [-0.2, 0) is 11.3 Å². The standard InChI is InChI=1S/C18H18ClN7O.C2HF3O2/c1-2-3-9-25-14-15(24-10-7-20-8-11-24)22-17(19)23-16(14)26(18(25)27)13-5-4-6-21-12-13;3-2(4,5)1(6)7/h4-6,12,20H,7-11H2,1H3;(H,6,7). The molecule has 1 saturated heterocycles. The Morgan fingerprint density at radius 3 is 2.53 bits per heavy atom. The van der Waals surface area contributed by atoms with Crippen molar-refractivity contribution in [2.75, 3.05) is 31.1 Å². The van der Waals surface area contributed by atoms with Gasteiger partial charge in [-0.25, -0.2) is 14.2 Å². The van der Waals surface area contributed by atoms with Crippen molar-refractivity contribution in [3.05, 3.63) is 40.3 Å². The first-order chi connectivity index (χ1) is 16.1. The largest absolute Gasteiger partial charge is 0.490 e. The molecule has 3 aromatic rings. The Morgan fingerprint density at radius 2 is 1.97 bits per heavy atom. The molecule has 4 rings (SSSR count). The molecule has 180 valence electrons. The zero-order chi connectivity index (χ0) is 24.9. The zero-order valence-corrected chi connectivity index (χ0v) is 18.6. The Labute approximate surface area is 196 Å². The van der Waals surface area contributed by atoms with E-state index in [0.29, 0.717) is 22.7 Å². The van der Waals surface area contributed by atoms with Crippen LogP contribution in [0.2, 0.25) is 5.28 Å². The molecule has 14 heteroatoms. The van der Waals surface area contributed by atoms with Gasteiger partial charge < -0.3 is 15.3 Å². The first kappa shape index (κ1) is 25.0. The number of nitrogens with zero attached hydrogens (tertiary/aromatic N) is 6. The van der Waals surface area contributed by atoms with Gasteiger partial charge in [0, 0.05) is 32.4 Å². The highest BCUT2D eigenvalue weighted by molar-refractivity contribution is 6.28. The van der Waals surface area contributed by atoms with E-state index in [-0.39, 0.29) is 17.5 Å². The Morgan fingerprint density at radius 1 is 1.29 bits per heavy atom. The second kappa shape index (κ2) is 10.5. The average molecular weight is 498 g/mol. The number of alkyl halides is 3. The number of pyridine rings is 1. The van der Waals surface area contributed by atoms with Gasteiger partial charge in [0.15, 0.2) is 11.5 Å². The second-order valence-corrected chi connectivity index (χ2v) is 7.21. The van der Waals surface area contributed by atoms with E-state index in [0.717, 1.165) is 26.2 Å². The van der Waals surface area contributed by atoms with Crippen molar-refractivity contribution in [1.29, 1.82) is 0 Å². The summed E-state index contributed by atoms with van der Waals surface area (Å²) in [5.74, 6) is 3.72. The second-order valence-electron chi connectivity index (χ2n) is 6.87.